The molecule has 0 radical (unpaired) electrons. The Balaban J connectivity index is 1.55. The van der Waals surface area contributed by atoms with Gasteiger partial charge in [0.15, 0.2) is 0 Å². The van der Waals surface area contributed by atoms with Gasteiger partial charge in [-0.2, -0.15) is 0 Å². The van der Waals surface area contributed by atoms with Crippen LogP contribution in [0.2, 0.25) is 0 Å². The Morgan fingerprint density at radius 3 is 2.69 bits per heavy atom. The van der Waals surface area contributed by atoms with E-state index in [1.165, 1.54) is 25.0 Å². The zero-order valence-electron chi connectivity index (χ0n) is 18.9. The van der Waals surface area contributed by atoms with Crippen LogP contribution in [-0.2, 0) is 4.74 Å². The number of benzene rings is 1. The Labute approximate surface area is 189 Å². The van der Waals surface area contributed by atoms with E-state index in [1.807, 2.05) is 6.92 Å². The SMILES string of the molecule is CO[C@@H]1CCN(C(=O)c2cnc(NCCN3CCCC3)c([C@H](C)c3ccc(F)cc3)n2)C1. The van der Waals surface area contributed by atoms with Gasteiger partial charge in [-0.1, -0.05) is 19.1 Å². The summed E-state index contributed by atoms with van der Waals surface area (Å²) in [5, 5.41) is 3.42. The summed E-state index contributed by atoms with van der Waals surface area (Å²) >= 11 is 0. The van der Waals surface area contributed by atoms with Crippen molar-refractivity contribution in [1.82, 2.24) is 19.8 Å². The summed E-state index contributed by atoms with van der Waals surface area (Å²) in [7, 11) is 1.67. The number of ether oxygens (including phenoxy) is 1. The number of carbonyl (C=O) groups is 1. The van der Waals surface area contributed by atoms with Crippen molar-refractivity contribution in [3.63, 3.8) is 0 Å². The Morgan fingerprint density at radius 2 is 2.00 bits per heavy atom. The van der Waals surface area contributed by atoms with Gasteiger partial charge in [-0.3, -0.25) is 4.79 Å². The average Bonchev–Trinajstić information content (AvgIpc) is 3.51. The Morgan fingerprint density at radius 1 is 1.25 bits per heavy atom. The molecule has 1 aromatic carbocycles. The molecule has 0 bridgehead atoms. The van der Waals surface area contributed by atoms with Crippen molar-refractivity contribution in [2.45, 2.75) is 38.2 Å². The van der Waals surface area contributed by atoms with Crippen molar-refractivity contribution in [3.8, 4) is 0 Å². The molecule has 2 atom stereocenters. The number of halogens is 1. The van der Waals surface area contributed by atoms with Crippen molar-refractivity contribution in [3.05, 3.63) is 53.2 Å². The average molecular weight is 442 g/mol. The Hall–Kier alpha value is -2.58. The lowest BCUT2D eigenvalue weighted by Crippen LogP contribution is -2.31. The third-order valence-electron chi connectivity index (χ3n) is 6.48. The lowest BCUT2D eigenvalue weighted by molar-refractivity contribution is 0.0718. The molecule has 2 fully saturated rings. The van der Waals surface area contributed by atoms with Gasteiger partial charge in [0, 0.05) is 39.2 Å². The predicted octanol–water partition coefficient (Wildman–Crippen LogP) is 3.14. The van der Waals surface area contributed by atoms with E-state index in [0.717, 1.165) is 38.2 Å². The van der Waals surface area contributed by atoms with Gasteiger partial charge in [0.25, 0.3) is 5.91 Å². The quantitative estimate of drug-likeness (QED) is 0.679. The minimum absolute atomic E-state index is 0.0658. The Kier molecular flexibility index (Phi) is 7.32. The maximum atomic E-state index is 13.4. The van der Waals surface area contributed by atoms with Crippen LogP contribution >= 0.6 is 0 Å². The fourth-order valence-corrected chi connectivity index (χ4v) is 4.46. The molecule has 0 spiro atoms. The van der Waals surface area contributed by atoms with E-state index in [2.05, 4.69) is 15.2 Å². The van der Waals surface area contributed by atoms with Crippen LogP contribution < -0.4 is 5.32 Å². The molecule has 0 saturated carbocycles. The fourth-order valence-electron chi connectivity index (χ4n) is 4.46. The van der Waals surface area contributed by atoms with Gasteiger partial charge in [-0.05, 0) is 50.0 Å². The third kappa shape index (κ3) is 5.24. The van der Waals surface area contributed by atoms with Crippen LogP contribution in [0.5, 0.6) is 0 Å². The van der Waals surface area contributed by atoms with Crippen molar-refractivity contribution >= 4 is 11.7 Å². The second-order valence-electron chi connectivity index (χ2n) is 8.64. The zero-order chi connectivity index (χ0) is 22.5. The largest absolute Gasteiger partial charge is 0.380 e. The minimum Gasteiger partial charge on any atom is -0.380 e. The number of amides is 1. The highest BCUT2D eigenvalue weighted by molar-refractivity contribution is 5.92. The number of anilines is 1. The first-order chi connectivity index (χ1) is 15.5. The van der Waals surface area contributed by atoms with Gasteiger partial charge in [0.2, 0.25) is 0 Å². The molecule has 3 heterocycles. The van der Waals surface area contributed by atoms with Crippen LogP contribution in [0.15, 0.2) is 30.5 Å². The topological polar surface area (TPSA) is 70.6 Å². The summed E-state index contributed by atoms with van der Waals surface area (Å²) in [6.45, 7) is 7.20. The van der Waals surface area contributed by atoms with Gasteiger partial charge in [-0.15, -0.1) is 0 Å². The lowest BCUT2D eigenvalue weighted by Gasteiger charge is -2.20. The normalized spacial score (nSPS) is 20.0. The van der Waals surface area contributed by atoms with E-state index in [0.29, 0.717) is 30.3 Å². The molecule has 172 valence electrons. The van der Waals surface area contributed by atoms with E-state index in [-0.39, 0.29) is 23.7 Å². The summed E-state index contributed by atoms with van der Waals surface area (Å²) in [6, 6.07) is 6.41. The van der Waals surface area contributed by atoms with Gasteiger partial charge >= 0.3 is 0 Å². The minimum atomic E-state index is -0.276. The highest BCUT2D eigenvalue weighted by Gasteiger charge is 2.29. The third-order valence-corrected chi connectivity index (χ3v) is 6.48. The number of nitrogens with one attached hydrogen (secondary N) is 1. The summed E-state index contributed by atoms with van der Waals surface area (Å²) in [6.07, 6.45) is 4.95. The highest BCUT2D eigenvalue weighted by Crippen LogP contribution is 2.28. The number of carbonyl (C=O) groups excluding carboxylic acids is 1. The zero-order valence-corrected chi connectivity index (χ0v) is 18.9. The summed E-state index contributed by atoms with van der Waals surface area (Å²) in [5.74, 6) is 0.124. The number of aromatic nitrogens is 2. The van der Waals surface area contributed by atoms with Gasteiger partial charge in [-0.25, -0.2) is 14.4 Å². The summed E-state index contributed by atoms with van der Waals surface area (Å²) in [5.41, 5.74) is 1.95. The summed E-state index contributed by atoms with van der Waals surface area (Å²) in [4.78, 5) is 26.6. The fraction of sp³-hybridized carbons (Fsp3) is 0.542. The molecule has 2 aliphatic rings. The molecule has 4 rings (SSSR count). The van der Waals surface area contributed by atoms with Gasteiger partial charge in [0.1, 0.15) is 17.3 Å². The van der Waals surface area contributed by atoms with Crippen LogP contribution in [0.4, 0.5) is 10.2 Å². The maximum Gasteiger partial charge on any atom is 0.274 e. The molecule has 1 N–H and O–H groups in total. The summed E-state index contributed by atoms with van der Waals surface area (Å²) < 4.78 is 18.8. The first-order valence-electron chi connectivity index (χ1n) is 11.5. The number of hydrogen-bond acceptors (Lipinski definition) is 6. The monoisotopic (exact) mass is 441 g/mol. The Bertz CT molecular complexity index is 917. The van der Waals surface area contributed by atoms with Crippen molar-refractivity contribution < 1.29 is 13.9 Å². The number of methoxy groups -OCH3 is 1. The lowest BCUT2D eigenvalue weighted by atomic mass is 9.97. The molecule has 1 amide bonds. The second-order valence-corrected chi connectivity index (χ2v) is 8.64. The van der Waals surface area contributed by atoms with E-state index in [9.17, 15) is 9.18 Å². The highest BCUT2D eigenvalue weighted by atomic mass is 19.1. The van der Waals surface area contributed by atoms with Gasteiger partial charge in [0.05, 0.1) is 18.0 Å². The second kappa shape index (κ2) is 10.4. The number of nitrogens with zero attached hydrogens (tertiary/aromatic N) is 4. The molecule has 2 saturated heterocycles. The van der Waals surface area contributed by atoms with Crippen molar-refractivity contribution in [2.75, 3.05) is 51.7 Å². The predicted molar refractivity (Wildman–Crippen MR) is 121 cm³/mol. The molecular weight excluding hydrogens is 409 g/mol. The maximum absolute atomic E-state index is 13.4. The first kappa shape index (κ1) is 22.6. The smallest absolute Gasteiger partial charge is 0.274 e. The molecule has 7 nitrogen and oxygen atoms in total. The number of rotatable bonds is 8. The van der Waals surface area contributed by atoms with Crippen molar-refractivity contribution in [1.29, 1.82) is 0 Å². The van der Waals surface area contributed by atoms with E-state index in [1.54, 1.807) is 30.3 Å². The molecule has 0 aliphatic carbocycles. The van der Waals surface area contributed by atoms with Crippen LogP contribution in [0.3, 0.4) is 0 Å². The van der Waals surface area contributed by atoms with E-state index < -0.39 is 0 Å². The van der Waals surface area contributed by atoms with Crippen LogP contribution in [-0.4, -0.2) is 78.2 Å². The molecular formula is C24H32FN5O2. The molecule has 2 aliphatic heterocycles. The molecule has 1 aromatic heterocycles. The number of hydrogen-bond donors (Lipinski definition) is 1. The van der Waals surface area contributed by atoms with Crippen LogP contribution in [0, 0.1) is 5.82 Å². The molecule has 32 heavy (non-hydrogen) atoms. The van der Waals surface area contributed by atoms with Crippen LogP contribution in [0.1, 0.15) is 53.8 Å². The molecule has 8 heteroatoms. The number of likely N-dealkylation sites (tertiary alicyclic amines) is 2. The standard InChI is InChI=1S/C24H32FN5O2/c1-17(18-5-7-19(25)8-6-18)22-23(26-10-14-29-11-3-4-12-29)27-15-21(28-22)24(31)30-13-9-20(16-30)32-2/h5-8,15,17,20H,3-4,9-14,16H2,1-2H3,(H,26,27)/t17-,20-/m1/s1. The van der Waals surface area contributed by atoms with Crippen LogP contribution in [0.25, 0.3) is 0 Å². The molecule has 0 unspecified atom stereocenters. The first-order valence-corrected chi connectivity index (χ1v) is 11.5. The van der Waals surface area contributed by atoms with Crippen molar-refractivity contribution in [2.24, 2.45) is 0 Å². The van der Waals surface area contributed by atoms with Gasteiger partial charge < -0.3 is 19.9 Å². The van der Waals surface area contributed by atoms with E-state index in [4.69, 9.17) is 9.72 Å². The van der Waals surface area contributed by atoms with E-state index >= 15 is 0 Å². The molecule has 2 aromatic rings.